The summed E-state index contributed by atoms with van der Waals surface area (Å²) in [6.07, 6.45) is 4.03. The SMILES string of the molecule is COc1ccc(S(=O)(=O)N(C)C2CC3CCC(C2)N3)cc1Cl.Cl. The monoisotopic (exact) mass is 380 g/mol. The minimum absolute atomic E-state index is 0. The molecule has 5 nitrogen and oxygen atoms in total. The fourth-order valence-electron chi connectivity index (χ4n) is 3.49. The van der Waals surface area contributed by atoms with Gasteiger partial charge in [0, 0.05) is 25.2 Å². The van der Waals surface area contributed by atoms with Crippen molar-refractivity contribution in [1.29, 1.82) is 0 Å². The van der Waals surface area contributed by atoms with Crippen molar-refractivity contribution in [2.75, 3.05) is 14.2 Å². The van der Waals surface area contributed by atoms with Gasteiger partial charge in [-0.25, -0.2) is 8.42 Å². The van der Waals surface area contributed by atoms with E-state index in [1.165, 1.54) is 17.5 Å². The maximum Gasteiger partial charge on any atom is 0.243 e. The fourth-order valence-corrected chi connectivity index (χ4v) is 5.22. The molecule has 130 valence electrons. The zero-order valence-electron chi connectivity index (χ0n) is 13.2. The molecule has 0 aliphatic carbocycles. The average molecular weight is 381 g/mol. The van der Waals surface area contributed by atoms with Crippen LogP contribution in [0.5, 0.6) is 5.75 Å². The number of hydrogen-bond donors (Lipinski definition) is 1. The Hall–Kier alpha value is -0.530. The molecule has 2 aliphatic rings. The third kappa shape index (κ3) is 3.61. The summed E-state index contributed by atoms with van der Waals surface area (Å²) in [5.41, 5.74) is 0. The normalized spacial score (nSPS) is 26.9. The van der Waals surface area contributed by atoms with Gasteiger partial charge in [0.1, 0.15) is 5.75 Å². The Kier molecular flexibility index (Phi) is 5.85. The maximum absolute atomic E-state index is 12.8. The zero-order valence-corrected chi connectivity index (χ0v) is 15.5. The number of rotatable bonds is 4. The van der Waals surface area contributed by atoms with E-state index < -0.39 is 10.0 Å². The second kappa shape index (κ2) is 7.15. The quantitative estimate of drug-likeness (QED) is 0.871. The molecule has 2 aliphatic heterocycles. The summed E-state index contributed by atoms with van der Waals surface area (Å²) < 4.78 is 32.2. The number of hydrogen-bond acceptors (Lipinski definition) is 4. The highest BCUT2D eigenvalue weighted by atomic mass is 35.5. The Morgan fingerprint density at radius 2 is 1.87 bits per heavy atom. The lowest BCUT2D eigenvalue weighted by molar-refractivity contribution is 0.251. The molecule has 8 heteroatoms. The molecule has 0 radical (unpaired) electrons. The van der Waals surface area contributed by atoms with Crippen molar-refractivity contribution in [3.8, 4) is 5.75 Å². The molecule has 1 aromatic carbocycles. The largest absolute Gasteiger partial charge is 0.495 e. The van der Waals surface area contributed by atoms with E-state index in [9.17, 15) is 8.42 Å². The number of methoxy groups -OCH3 is 1. The fraction of sp³-hybridized carbons (Fsp3) is 0.600. The molecule has 23 heavy (non-hydrogen) atoms. The molecule has 0 spiro atoms. The van der Waals surface area contributed by atoms with Gasteiger partial charge in [0.05, 0.1) is 17.0 Å². The lowest BCUT2D eigenvalue weighted by Gasteiger charge is -2.34. The van der Waals surface area contributed by atoms with E-state index in [0.29, 0.717) is 22.9 Å². The summed E-state index contributed by atoms with van der Waals surface area (Å²) in [7, 11) is -0.364. The van der Waals surface area contributed by atoms with E-state index in [-0.39, 0.29) is 23.3 Å². The van der Waals surface area contributed by atoms with Crippen LogP contribution in [0.25, 0.3) is 0 Å². The topological polar surface area (TPSA) is 58.6 Å². The summed E-state index contributed by atoms with van der Waals surface area (Å²) in [5.74, 6) is 0.475. The number of sulfonamides is 1. The van der Waals surface area contributed by atoms with Gasteiger partial charge < -0.3 is 10.1 Å². The predicted molar refractivity (Wildman–Crippen MR) is 93.2 cm³/mol. The second-order valence-electron chi connectivity index (χ2n) is 6.08. The van der Waals surface area contributed by atoms with Gasteiger partial charge in [-0.05, 0) is 43.9 Å². The molecule has 1 aromatic rings. The summed E-state index contributed by atoms with van der Waals surface area (Å²) in [5, 5.41) is 3.84. The first-order valence-corrected chi connectivity index (χ1v) is 9.31. The number of benzene rings is 1. The van der Waals surface area contributed by atoms with Gasteiger partial charge in [-0.3, -0.25) is 0 Å². The first kappa shape index (κ1) is 18.8. The molecule has 2 heterocycles. The smallest absolute Gasteiger partial charge is 0.243 e. The van der Waals surface area contributed by atoms with Crippen LogP contribution in [-0.4, -0.2) is 45.0 Å². The molecule has 2 atom stereocenters. The third-order valence-electron chi connectivity index (χ3n) is 4.76. The van der Waals surface area contributed by atoms with Gasteiger partial charge in [-0.2, -0.15) is 4.31 Å². The lowest BCUT2D eigenvalue weighted by Crippen LogP contribution is -2.48. The summed E-state index contributed by atoms with van der Waals surface area (Å²) >= 11 is 6.06. The highest BCUT2D eigenvalue weighted by molar-refractivity contribution is 7.89. The Balaban J connectivity index is 0.00000192. The molecular formula is C15H22Cl2N2O3S. The van der Waals surface area contributed by atoms with Crippen molar-refractivity contribution < 1.29 is 13.2 Å². The molecule has 0 aromatic heterocycles. The van der Waals surface area contributed by atoms with E-state index >= 15 is 0 Å². The highest BCUT2D eigenvalue weighted by Crippen LogP contribution is 2.33. The zero-order chi connectivity index (χ0) is 15.9. The number of piperidine rings is 1. The van der Waals surface area contributed by atoms with Crippen LogP contribution < -0.4 is 10.1 Å². The van der Waals surface area contributed by atoms with E-state index in [4.69, 9.17) is 16.3 Å². The number of halogens is 2. The third-order valence-corrected chi connectivity index (χ3v) is 6.96. The van der Waals surface area contributed by atoms with Crippen LogP contribution in [0.3, 0.4) is 0 Å². The van der Waals surface area contributed by atoms with Gasteiger partial charge >= 0.3 is 0 Å². The van der Waals surface area contributed by atoms with Crippen LogP contribution in [-0.2, 0) is 10.0 Å². The number of ether oxygens (including phenoxy) is 1. The van der Waals surface area contributed by atoms with Gasteiger partial charge in [-0.15, -0.1) is 12.4 Å². The standard InChI is InChI=1S/C15H21ClN2O3S.ClH/c1-18(12-7-10-3-4-11(8-12)17-10)22(19,20)13-5-6-15(21-2)14(16)9-13;/h5-6,9-12,17H,3-4,7-8H2,1-2H3;1H. The summed E-state index contributed by atoms with van der Waals surface area (Å²) in [4.78, 5) is 0.215. The number of fused-ring (bicyclic) bond motifs is 2. The molecule has 2 fully saturated rings. The second-order valence-corrected chi connectivity index (χ2v) is 8.49. The summed E-state index contributed by atoms with van der Waals surface area (Å²) in [6.45, 7) is 0. The van der Waals surface area contributed by atoms with E-state index in [1.54, 1.807) is 19.2 Å². The van der Waals surface area contributed by atoms with Gasteiger partial charge in [-0.1, -0.05) is 11.6 Å². The van der Waals surface area contributed by atoms with Crippen LogP contribution in [0.1, 0.15) is 25.7 Å². The Morgan fingerprint density at radius 1 is 1.26 bits per heavy atom. The highest BCUT2D eigenvalue weighted by Gasteiger charge is 2.38. The Bertz CT molecular complexity index is 657. The van der Waals surface area contributed by atoms with E-state index in [0.717, 1.165) is 25.7 Å². The molecule has 2 unspecified atom stereocenters. The van der Waals surface area contributed by atoms with E-state index in [2.05, 4.69) is 5.32 Å². The first-order valence-electron chi connectivity index (χ1n) is 7.49. The molecule has 0 amide bonds. The van der Waals surface area contributed by atoms with Crippen molar-refractivity contribution in [2.24, 2.45) is 0 Å². The first-order chi connectivity index (χ1) is 10.4. The molecule has 3 rings (SSSR count). The van der Waals surface area contributed by atoms with Gasteiger partial charge in [0.15, 0.2) is 0 Å². The minimum atomic E-state index is -3.54. The summed E-state index contributed by atoms with van der Waals surface area (Å²) in [6, 6.07) is 5.54. The van der Waals surface area contributed by atoms with Crippen LogP contribution >= 0.6 is 24.0 Å². The number of nitrogens with one attached hydrogen (secondary N) is 1. The molecule has 0 saturated carbocycles. The molecule has 2 bridgehead atoms. The van der Waals surface area contributed by atoms with Crippen LogP contribution in [0, 0.1) is 0 Å². The van der Waals surface area contributed by atoms with Crippen molar-refractivity contribution in [3.05, 3.63) is 23.2 Å². The van der Waals surface area contributed by atoms with Crippen LogP contribution in [0.4, 0.5) is 0 Å². The van der Waals surface area contributed by atoms with Crippen molar-refractivity contribution in [1.82, 2.24) is 9.62 Å². The molecular weight excluding hydrogens is 359 g/mol. The molecule has 1 N–H and O–H groups in total. The molecule has 2 saturated heterocycles. The predicted octanol–water partition coefficient (Wildman–Crippen LogP) is 2.67. The van der Waals surface area contributed by atoms with E-state index in [1.807, 2.05) is 0 Å². The maximum atomic E-state index is 12.8. The van der Waals surface area contributed by atoms with Crippen LogP contribution in [0.15, 0.2) is 23.1 Å². The number of nitrogens with zero attached hydrogens (tertiary/aromatic N) is 1. The van der Waals surface area contributed by atoms with Crippen LogP contribution in [0.2, 0.25) is 5.02 Å². The Labute approximate surface area is 148 Å². The van der Waals surface area contributed by atoms with Gasteiger partial charge in [0.2, 0.25) is 10.0 Å². The van der Waals surface area contributed by atoms with Crippen molar-refractivity contribution in [2.45, 2.75) is 48.7 Å². The lowest BCUT2D eigenvalue weighted by atomic mass is 10.0. The van der Waals surface area contributed by atoms with Crippen molar-refractivity contribution in [3.63, 3.8) is 0 Å². The van der Waals surface area contributed by atoms with Gasteiger partial charge in [0.25, 0.3) is 0 Å². The Morgan fingerprint density at radius 3 is 2.39 bits per heavy atom. The minimum Gasteiger partial charge on any atom is -0.495 e. The average Bonchev–Trinajstić information content (AvgIpc) is 2.84. The van der Waals surface area contributed by atoms with Crippen molar-refractivity contribution >= 4 is 34.0 Å².